The van der Waals surface area contributed by atoms with Gasteiger partial charge in [-0.1, -0.05) is 71.9 Å². The summed E-state index contributed by atoms with van der Waals surface area (Å²) in [6.45, 7) is 15.7. The van der Waals surface area contributed by atoms with Crippen molar-refractivity contribution in [3.8, 4) is 0 Å². The van der Waals surface area contributed by atoms with Crippen LogP contribution < -0.4 is 56.4 Å². The van der Waals surface area contributed by atoms with Gasteiger partial charge in [0, 0.05) is 6.21 Å². The molecule has 2 aromatic rings. The van der Waals surface area contributed by atoms with Gasteiger partial charge in [0.05, 0.1) is 0 Å². The zero-order valence-corrected chi connectivity index (χ0v) is 17.2. The zero-order valence-electron chi connectivity index (χ0n) is 14.1. The van der Waals surface area contributed by atoms with E-state index >= 15 is 0 Å². The average Bonchev–Trinajstić information content (AvgIpc) is 2.91. The van der Waals surface area contributed by atoms with E-state index in [4.69, 9.17) is 5.41 Å². The maximum atomic E-state index is 7.27. The number of hydrogen-bond acceptors (Lipinski definition) is 1. The van der Waals surface area contributed by atoms with Gasteiger partial charge in [-0.2, -0.15) is 0 Å². The molecule has 1 aromatic heterocycles. The second-order valence-corrected chi connectivity index (χ2v) is 2.78. The Labute approximate surface area is 167 Å². The molecule has 1 heterocycles. The first-order chi connectivity index (χ1) is 9.36. The van der Waals surface area contributed by atoms with Crippen molar-refractivity contribution < 1.29 is 51.4 Å². The third-order valence-electron chi connectivity index (χ3n) is 2.05. The SMILES string of the molecule is C=Cc1[n-]c2ccccc2c1C=N.CC.CC.CC.[K+]. The van der Waals surface area contributed by atoms with Crippen LogP contribution in [-0.2, 0) is 0 Å². The van der Waals surface area contributed by atoms with Crippen molar-refractivity contribution in [1.29, 1.82) is 5.41 Å². The van der Waals surface area contributed by atoms with E-state index in [1.165, 1.54) is 6.21 Å². The summed E-state index contributed by atoms with van der Waals surface area (Å²) in [5.74, 6) is 0. The largest absolute Gasteiger partial charge is 1.00 e. The molecule has 0 bridgehead atoms. The summed E-state index contributed by atoms with van der Waals surface area (Å²) in [4.78, 5) is 4.33. The van der Waals surface area contributed by atoms with Crippen LogP contribution in [0.25, 0.3) is 17.0 Å². The fourth-order valence-corrected chi connectivity index (χ4v) is 1.43. The van der Waals surface area contributed by atoms with Gasteiger partial charge in [-0.25, -0.2) is 0 Å². The Bertz CT molecular complexity index is 473. The fraction of sp³-hybridized carbons (Fsp3) is 0.353. The predicted octanol–water partition coefficient (Wildman–Crippen LogP) is 2.52. The van der Waals surface area contributed by atoms with E-state index in [-0.39, 0.29) is 51.4 Å². The predicted molar refractivity (Wildman–Crippen MR) is 89.3 cm³/mol. The Kier molecular flexibility index (Phi) is 20.9. The molecule has 106 valence electrons. The molecule has 2 nitrogen and oxygen atoms in total. The zero-order chi connectivity index (χ0) is 15.3. The molecule has 0 aliphatic heterocycles. The van der Waals surface area contributed by atoms with Crippen LogP contribution in [-0.4, -0.2) is 6.21 Å². The molecule has 0 aliphatic carbocycles. The van der Waals surface area contributed by atoms with E-state index in [1.807, 2.05) is 65.8 Å². The Balaban J connectivity index is -0.000000368. The number of nitrogens with zero attached hydrogens (tertiary/aromatic N) is 1. The van der Waals surface area contributed by atoms with Crippen molar-refractivity contribution in [2.75, 3.05) is 0 Å². The van der Waals surface area contributed by atoms with E-state index in [0.29, 0.717) is 0 Å². The molecular weight excluding hydrogens is 271 g/mol. The van der Waals surface area contributed by atoms with Crippen molar-refractivity contribution in [2.24, 2.45) is 0 Å². The van der Waals surface area contributed by atoms with Crippen molar-refractivity contribution in [3.63, 3.8) is 0 Å². The van der Waals surface area contributed by atoms with Gasteiger partial charge in [-0.3, -0.25) is 0 Å². The smallest absolute Gasteiger partial charge is 0.657 e. The minimum absolute atomic E-state index is 0. The van der Waals surface area contributed by atoms with Crippen LogP contribution in [0.1, 0.15) is 52.8 Å². The number of hydrogen-bond donors (Lipinski definition) is 1. The Morgan fingerprint density at radius 2 is 1.50 bits per heavy atom. The normalized spacial score (nSPS) is 7.50. The first-order valence-corrected chi connectivity index (χ1v) is 7.05. The van der Waals surface area contributed by atoms with Crippen molar-refractivity contribution in [3.05, 3.63) is 42.1 Å². The van der Waals surface area contributed by atoms with Crippen LogP contribution in [0.3, 0.4) is 0 Å². The second-order valence-electron chi connectivity index (χ2n) is 2.78. The Morgan fingerprint density at radius 1 is 1.00 bits per heavy atom. The van der Waals surface area contributed by atoms with Gasteiger partial charge >= 0.3 is 51.4 Å². The molecule has 0 spiro atoms. The summed E-state index contributed by atoms with van der Waals surface area (Å²) in [5.41, 5.74) is 2.57. The fourth-order valence-electron chi connectivity index (χ4n) is 1.43. The van der Waals surface area contributed by atoms with Crippen LogP contribution in [0.2, 0.25) is 0 Å². The molecule has 0 unspecified atom stereocenters. The van der Waals surface area contributed by atoms with Gasteiger partial charge in [-0.15, -0.1) is 17.8 Å². The van der Waals surface area contributed by atoms with Gasteiger partial charge in [0.1, 0.15) is 0 Å². The summed E-state index contributed by atoms with van der Waals surface area (Å²) >= 11 is 0. The van der Waals surface area contributed by atoms with Crippen molar-refractivity contribution in [1.82, 2.24) is 4.98 Å². The molecule has 0 aliphatic rings. The Morgan fingerprint density at radius 3 is 1.95 bits per heavy atom. The molecular formula is C17H27KN2. The van der Waals surface area contributed by atoms with Gasteiger partial charge < -0.3 is 10.4 Å². The Hall–Kier alpha value is -0.194. The van der Waals surface area contributed by atoms with E-state index in [0.717, 1.165) is 22.2 Å². The van der Waals surface area contributed by atoms with Crippen LogP contribution in [0.4, 0.5) is 0 Å². The van der Waals surface area contributed by atoms with Gasteiger partial charge in [0.15, 0.2) is 0 Å². The molecule has 1 aromatic carbocycles. The summed E-state index contributed by atoms with van der Waals surface area (Å²) in [6.07, 6.45) is 3.01. The molecule has 2 rings (SSSR count). The van der Waals surface area contributed by atoms with Gasteiger partial charge in [0.2, 0.25) is 0 Å². The second kappa shape index (κ2) is 16.9. The summed E-state index contributed by atoms with van der Waals surface area (Å²) < 4.78 is 0. The monoisotopic (exact) mass is 298 g/mol. The maximum Gasteiger partial charge on any atom is 1.00 e. The van der Waals surface area contributed by atoms with Crippen LogP contribution >= 0.6 is 0 Å². The first-order valence-electron chi connectivity index (χ1n) is 7.05. The van der Waals surface area contributed by atoms with Crippen molar-refractivity contribution >= 4 is 23.2 Å². The number of fused-ring (bicyclic) bond motifs is 1. The van der Waals surface area contributed by atoms with E-state index < -0.39 is 0 Å². The minimum atomic E-state index is 0. The third-order valence-corrected chi connectivity index (χ3v) is 2.05. The van der Waals surface area contributed by atoms with Crippen LogP contribution in [0.5, 0.6) is 0 Å². The van der Waals surface area contributed by atoms with Crippen LogP contribution in [0.15, 0.2) is 30.8 Å². The number of aromatic nitrogens is 1. The summed E-state index contributed by atoms with van der Waals surface area (Å²) in [6, 6.07) is 7.80. The maximum absolute atomic E-state index is 7.27. The number of rotatable bonds is 2. The van der Waals surface area contributed by atoms with Gasteiger partial charge in [0.25, 0.3) is 0 Å². The number of benzene rings is 1. The molecule has 3 heteroatoms. The molecule has 20 heavy (non-hydrogen) atoms. The van der Waals surface area contributed by atoms with E-state index in [9.17, 15) is 0 Å². The topological polar surface area (TPSA) is 38.0 Å². The quantitative estimate of drug-likeness (QED) is 0.671. The van der Waals surface area contributed by atoms with E-state index in [1.54, 1.807) is 6.08 Å². The average molecular weight is 299 g/mol. The molecule has 0 atom stereocenters. The standard InChI is InChI=1S/C11H9N2.3C2H6.K/c1-2-10-9(7-12)8-5-3-4-6-11(8)13-10;3*1-2;/h2-7,12H,1H2;3*1-2H3;/q-1;;;;+1. The molecule has 0 saturated heterocycles. The molecule has 0 fully saturated rings. The molecule has 0 radical (unpaired) electrons. The van der Waals surface area contributed by atoms with Gasteiger partial charge in [-0.05, 0) is 10.9 Å². The first kappa shape index (κ1) is 24.8. The van der Waals surface area contributed by atoms with E-state index in [2.05, 4.69) is 11.6 Å². The van der Waals surface area contributed by atoms with Crippen molar-refractivity contribution in [2.45, 2.75) is 41.5 Å². The number of para-hydroxylation sites is 1. The molecule has 0 saturated carbocycles. The molecule has 1 N–H and O–H groups in total. The molecule has 0 amide bonds. The minimum Gasteiger partial charge on any atom is -0.657 e. The van der Waals surface area contributed by atoms with Crippen LogP contribution in [0, 0.1) is 5.41 Å². The third kappa shape index (κ3) is 7.00. The summed E-state index contributed by atoms with van der Waals surface area (Å²) in [5, 5.41) is 8.29. The number of nitrogens with one attached hydrogen (secondary N) is 1. The summed E-state index contributed by atoms with van der Waals surface area (Å²) in [7, 11) is 0.